The highest BCUT2D eigenvalue weighted by Gasteiger charge is 2.31. The predicted octanol–water partition coefficient (Wildman–Crippen LogP) is 1.81. The maximum atomic E-state index is 5.35. The minimum absolute atomic E-state index is 0.589. The number of rotatable bonds is 3. The van der Waals surface area contributed by atoms with E-state index >= 15 is 0 Å². The molecule has 3 rings (SSSR count). The van der Waals surface area contributed by atoms with Gasteiger partial charge in [-0.3, -0.25) is 4.57 Å². The lowest BCUT2D eigenvalue weighted by Crippen LogP contribution is -2.46. The molecule has 100 valence electrons. The van der Waals surface area contributed by atoms with Crippen molar-refractivity contribution in [3.05, 3.63) is 4.77 Å². The normalized spacial score (nSPS) is 24.8. The summed E-state index contributed by atoms with van der Waals surface area (Å²) in [6.07, 6.45) is 4.99. The lowest BCUT2D eigenvalue weighted by molar-refractivity contribution is 0.256. The second-order valence-corrected chi connectivity index (χ2v) is 6.02. The first-order chi connectivity index (χ1) is 8.66. The van der Waals surface area contributed by atoms with Crippen molar-refractivity contribution in [2.75, 3.05) is 32.1 Å². The molecule has 2 aliphatic rings. The molecule has 0 aromatic carbocycles. The molecule has 2 heterocycles. The Hall–Kier alpha value is -0.880. The summed E-state index contributed by atoms with van der Waals surface area (Å²) in [6.45, 7) is 2.15. The summed E-state index contributed by atoms with van der Waals surface area (Å²) in [5.41, 5.74) is 0. The van der Waals surface area contributed by atoms with Gasteiger partial charge in [-0.25, -0.2) is 5.10 Å². The van der Waals surface area contributed by atoms with Crippen LogP contribution in [0.4, 0.5) is 5.95 Å². The van der Waals surface area contributed by atoms with Crippen molar-refractivity contribution < 1.29 is 0 Å². The Morgan fingerprint density at radius 2 is 2.11 bits per heavy atom. The maximum absolute atomic E-state index is 5.35. The molecule has 5 nitrogen and oxygen atoms in total. The first-order valence-corrected chi connectivity index (χ1v) is 7.16. The van der Waals surface area contributed by atoms with E-state index in [1.54, 1.807) is 0 Å². The van der Waals surface area contributed by atoms with Crippen LogP contribution < -0.4 is 4.90 Å². The first-order valence-electron chi connectivity index (χ1n) is 6.75. The van der Waals surface area contributed by atoms with E-state index in [-0.39, 0.29) is 0 Å². The van der Waals surface area contributed by atoms with Crippen molar-refractivity contribution in [1.82, 2.24) is 19.7 Å². The van der Waals surface area contributed by atoms with Crippen LogP contribution in [-0.2, 0) is 0 Å². The van der Waals surface area contributed by atoms with Gasteiger partial charge in [0.1, 0.15) is 0 Å². The number of likely N-dealkylation sites (N-methyl/N-ethyl adjacent to an activating group) is 1. The van der Waals surface area contributed by atoms with Crippen LogP contribution >= 0.6 is 12.2 Å². The van der Waals surface area contributed by atoms with Gasteiger partial charge in [-0.05, 0) is 52.0 Å². The monoisotopic (exact) mass is 267 g/mol. The molecule has 1 saturated carbocycles. The van der Waals surface area contributed by atoms with Gasteiger partial charge in [-0.2, -0.15) is 0 Å². The summed E-state index contributed by atoms with van der Waals surface area (Å²) in [5.74, 6) is 1.05. The molecule has 1 aliphatic carbocycles. The maximum Gasteiger partial charge on any atom is 0.226 e. The van der Waals surface area contributed by atoms with E-state index in [2.05, 4.69) is 38.7 Å². The van der Waals surface area contributed by atoms with Crippen molar-refractivity contribution in [2.24, 2.45) is 0 Å². The zero-order chi connectivity index (χ0) is 12.7. The Kier molecular flexibility index (Phi) is 3.15. The second-order valence-electron chi connectivity index (χ2n) is 5.64. The number of anilines is 1. The summed E-state index contributed by atoms with van der Waals surface area (Å²) in [5, 5.41) is 7.41. The van der Waals surface area contributed by atoms with E-state index in [9.17, 15) is 0 Å². The predicted molar refractivity (Wildman–Crippen MR) is 74.6 cm³/mol. The SMILES string of the molecule is CN(C)C1CCCN(c2n[nH]c(=S)n2C2CC2)C1. The quantitative estimate of drug-likeness (QED) is 0.848. The third-order valence-corrected chi connectivity index (χ3v) is 4.30. The molecular weight excluding hydrogens is 246 g/mol. The molecule has 1 N–H and O–H groups in total. The number of piperidine rings is 1. The highest BCUT2D eigenvalue weighted by atomic mass is 32.1. The molecular formula is C12H21N5S. The topological polar surface area (TPSA) is 40.1 Å². The van der Waals surface area contributed by atoms with Crippen LogP contribution in [0.1, 0.15) is 31.7 Å². The van der Waals surface area contributed by atoms with Gasteiger partial charge in [0.2, 0.25) is 5.95 Å². The number of hydrogen-bond acceptors (Lipinski definition) is 4. The zero-order valence-corrected chi connectivity index (χ0v) is 11.9. The van der Waals surface area contributed by atoms with Crippen molar-refractivity contribution in [1.29, 1.82) is 0 Å². The van der Waals surface area contributed by atoms with E-state index in [4.69, 9.17) is 12.2 Å². The zero-order valence-electron chi connectivity index (χ0n) is 11.1. The van der Waals surface area contributed by atoms with Crippen molar-refractivity contribution >= 4 is 18.2 Å². The molecule has 0 bridgehead atoms. The molecule has 0 amide bonds. The number of nitrogens with zero attached hydrogens (tertiary/aromatic N) is 4. The van der Waals surface area contributed by atoms with Crippen molar-refractivity contribution in [2.45, 2.75) is 37.8 Å². The summed E-state index contributed by atoms with van der Waals surface area (Å²) >= 11 is 5.35. The van der Waals surface area contributed by atoms with Crippen LogP contribution in [0, 0.1) is 4.77 Å². The third kappa shape index (κ3) is 2.19. The minimum atomic E-state index is 0.589. The van der Waals surface area contributed by atoms with E-state index in [1.807, 2.05) is 0 Å². The van der Waals surface area contributed by atoms with E-state index in [0.29, 0.717) is 12.1 Å². The van der Waals surface area contributed by atoms with Crippen LogP contribution in [0.15, 0.2) is 0 Å². The van der Waals surface area contributed by atoms with Gasteiger partial charge < -0.3 is 9.80 Å². The van der Waals surface area contributed by atoms with Gasteiger partial charge in [0, 0.05) is 25.2 Å². The standard InChI is InChI=1S/C12H21N5S/c1-15(2)10-4-3-7-16(8-10)11-13-14-12(18)17(11)9-5-6-9/h9-10H,3-8H2,1-2H3,(H,14,18). The van der Waals surface area contributed by atoms with Crippen LogP contribution in [0.25, 0.3) is 0 Å². The van der Waals surface area contributed by atoms with E-state index < -0.39 is 0 Å². The molecule has 1 atom stereocenters. The highest BCUT2D eigenvalue weighted by Crippen LogP contribution is 2.38. The molecule has 2 fully saturated rings. The number of hydrogen-bond donors (Lipinski definition) is 1. The van der Waals surface area contributed by atoms with E-state index in [0.717, 1.165) is 23.8 Å². The molecule has 6 heteroatoms. The van der Waals surface area contributed by atoms with Crippen LogP contribution in [0.3, 0.4) is 0 Å². The summed E-state index contributed by atoms with van der Waals surface area (Å²) in [7, 11) is 4.32. The number of nitrogens with one attached hydrogen (secondary N) is 1. The summed E-state index contributed by atoms with van der Waals surface area (Å²) < 4.78 is 2.99. The number of aromatic nitrogens is 3. The van der Waals surface area contributed by atoms with Crippen LogP contribution in [-0.4, -0.2) is 52.9 Å². The molecule has 18 heavy (non-hydrogen) atoms. The van der Waals surface area contributed by atoms with Gasteiger partial charge in [-0.15, -0.1) is 5.10 Å². The lowest BCUT2D eigenvalue weighted by atomic mass is 10.1. The largest absolute Gasteiger partial charge is 0.339 e. The smallest absolute Gasteiger partial charge is 0.226 e. The molecule has 0 radical (unpaired) electrons. The van der Waals surface area contributed by atoms with Gasteiger partial charge in [0.25, 0.3) is 0 Å². The Morgan fingerprint density at radius 3 is 2.78 bits per heavy atom. The first kappa shape index (κ1) is 12.2. The molecule has 1 saturated heterocycles. The average Bonchev–Trinajstić information content (AvgIpc) is 3.12. The fourth-order valence-electron chi connectivity index (χ4n) is 2.74. The fraction of sp³-hybridized carbons (Fsp3) is 0.833. The van der Waals surface area contributed by atoms with Crippen LogP contribution in [0.2, 0.25) is 0 Å². The fourth-order valence-corrected chi connectivity index (χ4v) is 3.02. The molecule has 1 aliphatic heterocycles. The Labute approximate surface area is 113 Å². The highest BCUT2D eigenvalue weighted by molar-refractivity contribution is 7.71. The number of H-pyrrole nitrogens is 1. The Balaban J connectivity index is 1.83. The average molecular weight is 267 g/mol. The minimum Gasteiger partial charge on any atom is -0.339 e. The second kappa shape index (κ2) is 4.66. The van der Waals surface area contributed by atoms with Crippen LogP contribution in [0.5, 0.6) is 0 Å². The van der Waals surface area contributed by atoms with Gasteiger partial charge in [0.05, 0.1) is 0 Å². The van der Waals surface area contributed by atoms with Gasteiger partial charge in [-0.1, -0.05) is 0 Å². The summed E-state index contributed by atoms with van der Waals surface area (Å²) in [4.78, 5) is 4.70. The van der Waals surface area contributed by atoms with E-state index in [1.165, 1.54) is 25.7 Å². The summed E-state index contributed by atoms with van der Waals surface area (Å²) in [6, 6.07) is 1.21. The molecule has 0 spiro atoms. The third-order valence-electron chi connectivity index (χ3n) is 4.01. The molecule has 1 aromatic heterocycles. The Bertz CT molecular complexity index is 473. The van der Waals surface area contributed by atoms with Crippen molar-refractivity contribution in [3.63, 3.8) is 0 Å². The van der Waals surface area contributed by atoms with Gasteiger partial charge in [0.15, 0.2) is 4.77 Å². The van der Waals surface area contributed by atoms with Gasteiger partial charge >= 0.3 is 0 Å². The lowest BCUT2D eigenvalue weighted by Gasteiger charge is -2.36. The van der Waals surface area contributed by atoms with Crippen molar-refractivity contribution in [3.8, 4) is 0 Å². The number of aromatic amines is 1. The Morgan fingerprint density at radius 1 is 1.33 bits per heavy atom. The molecule has 1 aromatic rings. The molecule has 1 unspecified atom stereocenters.